The van der Waals surface area contributed by atoms with E-state index in [9.17, 15) is 14.2 Å². The molecule has 170 valence electrons. The second-order valence-corrected chi connectivity index (χ2v) is 8.23. The number of para-hydroxylation sites is 1. The second-order valence-electron chi connectivity index (χ2n) is 6.54. The second kappa shape index (κ2) is 16.8. The molecule has 9 nitrogen and oxygen atoms in total. The van der Waals surface area contributed by atoms with Crippen LogP contribution in [-0.2, 0) is 23.4 Å². The van der Waals surface area contributed by atoms with Crippen molar-refractivity contribution in [2.75, 3.05) is 20.3 Å². The number of carbonyl (C=O) groups excluding carboxylic acids is 2. The SMILES string of the molecule is COC(C)C.N=CC(=O)CCC(C=O)NP(=O)(OCCCCN)Oc1ccccc1. The molecule has 0 radical (unpaired) electrons. The predicted octanol–water partition coefficient (Wildman–Crippen LogP) is 3.13. The van der Waals surface area contributed by atoms with Gasteiger partial charge in [-0.3, -0.25) is 9.32 Å². The van der Waals surface area contributed by atoms with Gasteiger partial charge in [0.1, 0.15) is 12.0 Å². The van der Waals surface area contributed by atoms with Crippen LogP contribution in [0.15, 0.2) is 30.3 Å². The van der Waals surface area contributed by atoms with Gasteiger partial charge in [-0.15, -0.1) is 0 Å². The number of aldehydes is 1. The van der Waals surface area contributed by atoms with E-state index in [1.54, 1.807) is 37.4 Å². The van der Waals surface area contributed by atoms with E-state index in [2.05, 4.69) is 5.09 Å². The Labute approximate surface area is 178 Å². The number of methoxy groups -OCH3 is 1. The number of hydrogen-bond donors (Lipinski definition) is 3. The normalized spacial score (nSPS) is 13.5. The van der Waals surface area contributed by atoms with Gasteiger partial charge in [-0.25, -0.2) is 9.65 Å². The van der Waals surface area contributed by atoms with Gasteiger partial charge in [0.05, 0.1) is 25.0 Å². The van der Waals surface area contributed by atoms with Gasteiger partial charge in [0.15, 0.2) is 5.78 Å². The van der Waals surface area contributed by atoms with E-state index in [4.69, 9.17) is 24.9 Å². The molecule has 0 aromatic heterocycles. The zero-order valence-corrected chi connectivity index (χ0v) is 18.8. The molecule has 30 heavy (non-hydrogen) atoms. The van der Waals surface area contributed by atoms with E-state index in [0.717, 1.165) is 0 Å². The first-order valence-corrected chi connectivity index (χ1v) is 11.3. The highest BCUT2D eigenvalue weighted by molar-refractivity contribution is 7.52. The number of carbonyl (C=O) groups is 2. The standard InChI is InChI=1S/C16H24N3O5P.C4H10O/c17-10-4-5-11-23-25(22,24-16-6-2-1-3-7-16)19-14(13-20)8-9-15(21)12-18;1-4(2)5-3/h1-3,6-7,12-14,18H,4-5,8-11,17H2,(H,19,22);4H,1-3H3. The lowest BCUT2D eigenvalue weighted by Crippen LogP contribution is -2.31. The van der Waals surface area contributed by atoms with Gasteiger partial charge in [-0.2, -0.15) is 0 Å². The third-order valence-electron chi connectivity index (χ3n) is 3.65. The number of nitrogens with one attached hydrogen (secondary N) is 2. The zero-order chi connectivity index (χ0) is 22.8. The van der Waals surface area contributed by atoms with E-state index in [1.165, 1.54) is 0 Å². The largest absolute Gasteiger partial charge is 0.459 e. The van der Waals surface area contributed by atoms with Gasteiger partial charge in [0, 0.05) is 13.5 Å². The molecule has 0 saturated heterocycles. The number of ether oxygens (including phenoxy) is 1. The van der Waals surface area contributed by atoms with Crippen LogP contribution in [0.2, 0.25) is 0 Å². The molecule has 0 fully saturated rings. The lowest BCUT2D eigenvalue weighted by molar-refractivity contribution is -0.113. The number of Topliss-reactive ketones (excluding diaryl/α,β-unsaturated/α-hetero) is 1. The molecule has 0 amide bonds. The van der Waals surface area contributed by atoms with E-state index in [0.29, 0.717) is 43.7 Å². The molecule has 2 unspecified atom stereocenters. The number of ketones is 1. The van der Waals surface area contributed by atoms with Crippen molar-refractivity contribution in [3.05, 3.63) is 30.3 Å². The smallest absolute Gasteiger partial charge is 0.413 e. The Kier molecular flexibility index (Phi) is 15.8. The van der Waals surface area contributed by atoms with Crippen molar-refractivity contribution >= 4 is 26.0 Å². The van der Waals surface area contributed by atoms with Crippen molar-refractivity contribution in [1.82, 2.24) is 5.09 Å². The summed E-state index contributed by atoms with van der Waals surface area (Å²) in [5.74, 6) is -0.0892. The number of benzene rings is 1. The molecular weight excluding hydrogens is 409 g/mol. The van der Waals surface area contributed by atoms with Gasteiger partial charge < -0.3 is 25.2 Å². The fourth-order valence-electron chi connectivity index (χ4n) is 1.88. The Morgan fingerprint density at radius 3 is 2.40 bits per heavy atom. The third kappa shape index (κ3) is 14.1. The van der Waals surface area contributed by atoms with E-state index in [1.807, 2.05) is 13.8 Å². The highest BCUT2D eigenvalue weighted by Gasteiger charge is 2.30. The lowest BCUT2D eigenvalue weighted by Gasteiger charge is -2.22. The summed E-state index contributed by atoms with van der Waals surface area (Å²) < 4.78 is 28.5. The molecule has 0 bridgehead atoms. The topological polar surface area (TPSA) is 141 Å². The summed E-state index contributed by atoms with van der Waals surface area (Å²) in [4.78, 5) is 22.4. The van der Waals surface area contributed by atoms with Crippen LogP contribution < -0.4 is 15.3 Å². The highest BCUT2D eigenvalue weighted by atomic mass is 31.2. The molecule has 2 atom stereocenters. The molecule has 0 aliphatic rings. The Bertz CT molecular complexity index is 657. The van der Waals surface area contributed by atoms with Crippen molar-refractivity contribution in [2.45, 2.75) is 51.7 Å². The van der Waals surface area contributed by atoms with Crippen molar-refractivity contribution in [2.24, 2.45) is 5.73 Å². The van der Waals surface area contributed by atoms with Gasteiger partial charge in [-0.1, -0.05) is 18.2 Å². The maximum absolute atomic E-state index is 13.0. The molecule has 0 aliphatic heterocycles. The molecule has 1 rings (SSSR count). The molecule has 0 spiro atoms. The average Bonchev–Trinajstić information content (AvgIpc) is 2.75. The fraction of sp³-hybridized carbons (Fsp3) is 0.550. The number of nitrogens with two attached hydrogens (primary N) is 1. The molecule has 4 N–H and O–H groups in total. The van der Waals surface area contributed by atoms with Crippen molar-refractivity contribution in [3.8, 4) is 5.75 Å². The number of hydrogen-bond acceptors (Lipinski definition) is 8. The maximum Gasteiger partial charge on any atom is 0.459 e. The predicted molar refractivity (Wildman–Crippen MR) is 117 cm³/mol. The quantitative estimate of drug-likeness (QED) is 0.162. The summed E-state index contributed by atoms with van der Waals surface area (Å²) in [5.41, 5.74) is 5.42. The summed E-state index contributed by atoms with van der Waals surface area (Å²) in [7, 11) is -2.11. The van der Waals surface area contributed by atoms with E-state index >= 15 is 0 Å². The summed E-state index contributed by atoms with van der Waals surface area (Å²) in [6.07, 6.45) is 2.99. The Morgan fingerprint density at radius 1 is 1.27 bits per heavy atom. The van der Waals surface area contributed by atoms with Crippen LogP contribution in [0.25, 0.3) is 0 Å². The van der Waals surface area contributed by atoms with Crippen LogP contribution >= 0.6 is 7.75 Å². The van der Waals surface area contributed by atoms with Crippen molar-refractivity contribution in [1.29, 1.82) is 5.41 Å². The van der Waals surface area contributed by atoms with Crippen molar-refractivity contribution in [3.63, 3.8) is 0 Å². The maximum atomic E-state index is 13.0. The van der Waals surface area contributed by atoms with Crippen LogP contribution in [0.4, 0.5) is 0 Å². The summed E-state index contributed by atoms with van der Waals surface area (Å²) in [6.45, 7) is 4.64. The molecule has 1 aromatic rings. The molecule has 0 heterocycles. The average molecular weight is 443 g/mol. The van der Waals surface area contributed by atoms with E-state index < -0.39 is 19.6 Å². The first-order valence-electron chi connectivity index (χ1n) is 9.78. The van der Waals surface area contributed by atoms with Crippen LogP contribution in [0.3, 0.4) is 0 Å². The molecule has 10 heteroatoms. The minimum absolute atomic E-state index is 0.0155. The van der Waals surface area contributed by atoms with Crippen LogP contribution in [0.1, 0.15) is 39.5 Å². The van der Waals surface area contributed by atoms with Crippen LogP contribution in [0, 0.1) is 5.41 Å². The number of unbranched alkanes of at least 4 members (excludes halogenated alkanes) is 1. The highest BCUT2D eigenvalue weighted by Crippen LogP contribution is 2.45. The zero-order valence-electron chi connectivity index (χ0n) is 17.9. The minimum atomic E-state index is -3.81. The van der Waals surface area contributed by atoms with Crippen LogP contribution in [0.5, 0.6) is 5.75 Å². The van der Waals surface area contributed by atoms with Crippen molar-refractivity contribution < 1.29 is 27.9 Å². The fourth-order valence-corrected chi connectivity index (χ4v) is 3.42. The van der Waals surface area contributed by atoms with Gasteiger partial charge >= 0.3 is 7.75 Å². The Hall–Kier alpha value is -1.90. The monoisotopic (exact) mass is 443 g/mol. The summed E-state index contributed by atoms with van der Waals surface area (Å²) in [5, 5.41) is 9.44. The molecule has 0 aliphatic carbocycles. The molecule has 0 saturated carbocycles. The summed E-state index contributed by atoms with van der Waals surface area (Å²) >= 11 is 0. The van der Waals surface area contributed by atoms with E-state index in [-0.39, 0.29) is 19.4 Å². The number of rotatable bonds is 15. The minimum Gasteiger partial charge on any atom is -0.413 e. The Morgan fingerprint density at radius 2 is 1.90 bits per heavy atom. The van der Waals surface area contributed by atoms with Crippen LogP contribution in [-0.4, -0.2) is 50.7 Å². The Balaban J connectivity index is 0.00000150. The molecule has 1 aromatic carbocycles. The molecular formula is C20H34N3O6P. The van der Waals surface area contributed by atoms with Gasteiger partial charge in [0.2, 0.25) is 0 Å². The summed E-state index contributed by atoms with van der Waals surface area (Å²) in [6, 6.07) is 7.55. The van der Waals surface area contributed by atoms with Gasteiger partial charge in [-0.05, 0) is 51.8 Å². The first-order chi connectivity index (χ1) is 14.3. The van der Waals surface area contributed by atoms with Gasteiger partial charge in [0.25, 0.3) is 0 Å². The first kappa shape index (κ1) is 28.1. The third-order valence-corrected chi connectivity index (χ3v) is 5.27. The lowest BCUT2D eigenvalue weighted by atomic mass is 10.1.